The summed E-state index contributed by atoms with van der Waals surface area (Å²) < 4.78 is 0. The molecule has 1 atom stereocenters. The van der Waals surface area contributed by atoms with Gasteiger partial charge < -0.3 is 0 Å². The highest BCUT2D eigenvalue weighted by Gasteiger charge is 2.45. The molecule has 0 saturated heterocycles. The van der Waals surface area contributed by atoms with Crippen LogP contribution in [-0.4, -0.2) is 11.8 Å². The molecule has 0 unspecified atom stereocenters. The van der Waals surface area contributed by atoms with E-state index < -0.39 is 5.54 Å². The van der Waals surface area contributed by atoms with Crippen molar-refractivity contribution in [2.45, 2.75) is 50.1 Å². The third-order valence-electron chi connectivity index (χ3n) is 4.04. The molecule has 3 heteroatoms. The first-order chi connectivity index (χ1) is 8.72. The van der Waals surface area contributed by atoms with Crippen LogP contribution in [0.1, 0.15) is 44.1 Å². The van der Waals surface area contributed by atoms with Crippen LogP contribution in [0.3, 0.4) is 0 Å². The van der Waals surface area contributed by atoms with Crippen molar-refractivity contribution >= 4 is 17.4 Å². The Morgan fingerprint density at radius 2 is 2.00 bits per heavy atom. The fourth-order valence-corrected chi connectivity index (χ4v) is 3.22. The van der Waals surface area contributed by atoms with Gasteiger partial charge in [0.05, 0.1) is 0 Å². The lowest BCUT2D eigenvalue weighted by atomic mass is 9.75. The fourth-order valence-electron chi connectivity index (χ4n) is 2.93. The van der Waals surface area contributed by atoms with Crippen LogP contribution in [0, 0.1) is 0 Å². The van der Waals surface area contributed by atoms with E-state index in [9.17, 15) is 4.79 Å². The fraction of sp³-hybridized carbons (Fsp3) is 0.533. The molecule has 2 nitrogen and oxygen atoms in total. The van der Waals surface area contributed by atoms with E-state index in [-0.39, 0.29) is 0 Å². The second-order valence-corrected chi connectivity index (χ2v) is 5.84. The van der Waals surface area contributed by atoms with E-state index in [1.807, 2.05) is 24.3 Å². The van der Waals surface area contributed by atoms with Crippen LogP contribution in [-0.2, 0) is 10.3 Å². The molecule has 0 bridgehead atoms. The number of rotatable bonds is 3. The van der Waals surface area contributed by atoms with Crippen LogP contribution < -0.4 is 5.32 Å². The van der Waals surface area contributed by atoms with Crippen molar-refractivity contribution < 1.29 is 4.79 Å². The Morgan fingerprint density at radius 1 is 1.22 bits per heavy atom. The highest BCUT2D eigenvalue weighted by Crippen LogP contribution is 2.40. The van der Waals surface area contributed by atoms with E-state index in [4.69, 9.17) is 11.6 Å². The number of hydrogen-bond acceptors (Lipinski definition) is 2. The summed E-state index contributed by atoms with van der Waals surface area (Å²) in [6.07, 6.45) is 6.02. The van der Waals surface area contributed by atoms with Crippen LogP contribution >= 0.6 is 11.6 Å². The second kappa shape index (κ2) is 4.67. The maximum atomic E-state index is 12.5. The van der Waals surface area contributed by atoms with Gasteiger partial charge in [-0.05, 0) is 37.3 Å². The zero-order chi connectivity index (χ0) is 12.6. The zero-order valence-electron chi connectivity index (χ0n) is 10.4. The van der Waals surface area contributed by atoms with E-state index in [0.29, 0.717) is 23.3 Å². The molecule has 1 N–H and O–H groups in total. The van der Waals surface area contributed by atoms with E-state index in [1.165, 1.54) is 12.8 Å². The number of halogens is 1. The van der Waals surface area contributed by atoms with E-state index in [0.717, 1.165) is 24.8 Å². The summed E-state index contributed by atoms with van der Waals surface area (Å²) in [5, 5.41) is 4.29. The summed E-state index contributed by atoms with van der Waals surface area (Å²) in [6, 6.07) is 8.28. The minimum absolute atomic E-state index is 0.314. The normalized spacial score (nSPS) is 28.4. The quantitative estimate of drug-likeness (QED) is 0.905. The molecule has 0 amide bonds. The molecular formula is C15H18ClNO. The number of ketones is 1. The van der Waals surface area contributed by atoms with E-state index >= 15 is 0 Å². The topological polar surface area (TPSA) is 29.1 Å². The van der Waals surface area contributed by atoms with Crippen LogP contribution in [0.2, 0.25) is 5.02 Å². The molecule has 3 rings (SSSR count). The monoisotopic (exact) mass is 263 g/mol. The summed E-state index contributed by atoms with van der Waals surface area (Å²) in [5.74, 6) is 0.314. The largest absolute Gasteiger partial charge is 0.298 e. The molecule has 1 aromatic rings. The van der Waals surface area contributed by atoms with Gasteiger partial charge in [0, 0.05) is 17.5 Å². The highest BCUT2D eigenvalue weighted by atomic mass is 35.5. The van der Waals surface area contributed by atoms with E-state index in [1.54, 1.807) is 0 Å². The van der Waals surface area contributed by atoms with Gasteiger partial charge >= 0.3 is 0 Å². The molecular weight excluding hydrogens is 246 g/mol. The average Bonchev–Trinajstić information content (AvgIpc) is 3.17. The van der Waals surface area contributed by atoms with Gasteiger partial charge in [-0.25, -0.2) is 0 Å². The van der Waals surface area contributed by atoms with Crippen molar-refractivity contribution in [3.05, 3.63) is 34.9 Å². The van der Waals surface area contributed by atoms with Gasteiger partial charge in [0.1, 0.15) is 5.54 Å². The molecule has 2 fully saturated rings. The van der Waals surface area contributed by atoms with Gasteiger partial charge in [-0.2, -0.15) is 0 Å². The standard InChI is InChI=1S/C15H18ClNO/c16-13-6-2-1-5-12(13)15(17-11-8-9-11)10-4-3-7-14(15)18/h1-2,5-6,11,17H,3-4,7-10H2/t15-/m0/s1. The molecule has 0 aromatic heterocycles. The van der Waals surface area contributed by atoms with Crippen molar-refractivity contribution in [2.75, 3.05) is 0 Å². The van der Waals surface area contributed by atoms with Gasteiger partial charge in [0.15, 0.2) is 5.78 Å². The van der Waals surface area contributed by atoms with Crippen LogP contribution in [0.15, 0.2) is 24.3 Å². The van der Waals surface area contributed by atoms with E-state index in [2.05, 4.69) is 5.32 Å². The molecule has 0 heterocycles. The number of nitrogens with one attached hydrogen (secondary N) is 1. The Kier molecular flexibility index (Phi) is 3.16. The summed E-state index contributed by atoms with van der Waals surface area (Å²) >= 11 is 6.32. The maximum Gasteiger partial charge on any atom is 0.157 e. The van der Waals surface area contributed by atoms with Crippen molar-refractivity contribution in [3.8, 4) is 0 Å². The highest BCUT2D eigenvalue weighted by molar-refractivity contribution is 6.31. The van der Waals surface area contributed by atoms with Crippen molar-refractivity contribution in [1.29, 1.82) is 0 Å². The summed E-state index contributed by atoms with van der Waals surface area (Å²) in [5.41, 5.74) is 0.459. The first-order valence-corrected chi connectivity index (χ1v) is 7.16. The van der Waals surface area contributed by atoms with Crippen LogP contribution in [0.4, 0.5) is 0 Å². The molecule has 2 aliphatic carbocycles. The second-order valence-electron chi connectivity index (χ2n) is 5.43. The first-order valence-electron chi connectivity index (χ1n) is 6.78. The number of hydrogen-bond donors (Lipinski definition) is 1. The van der Waals surface area contributed by atoms with Crippen molar-refractivity contribution in [3.63, 3.8) is 0 Å². The van der Waals surface area contributed by atoms with Gasteiger partial charge in [0.25, 0.3) is 0 Å². The Morgan fingerprint density at radius 3 is 2.67 bits per heavy atom. The van der Waals surface area contributed by atoms with Gasteiger partial charge in [-0.1, -0.05) is 36.2 Å². The molecule has 18 heavy (non-hydrogen) atoms. The lowest BCUT2D eigenvalue weighted by Gasteiger charge is -2.38. The van der Waals surface area contributed by atoms with Crippen molar-refractivity contribution in [1.82, 2.24) is 5.32 Å². The third-order valence-corrected chi connectivity index (χ3v) is 4.37. The average molecular weight is 264 g/mol. The summed E-state index contributed by atoms with van der Waals surface area (Å²) in [4.78, 5) is 12.5. The number of benzene rings is 1. The SMILES string of the molecule is O=C1CCCC[C@]1(NC1CC1)c1ccccc1Cl. The zero-order valence-corrected chi connectivity index (χ0v) is 11.2. The minimum atomic E-state index is -0.516. The maximum absolute atomic E-state index is 12.5. The predicted octanol–water partition coefficient (Wildman–Crippen LogP) is 3.43. The van der Waals surface area contributed by atoms with Crippen molar-refractivity contribution in [2.24, 2.45) is 0 Å². The summed E-state index contributed by atoms with van der Waals surface area (Å²) in [7, 11) is 0. The van der Waals surface area contributed by atoms with Crippen LogP contribution in [0.5, 0.6) is 0 Å². The number of Topliss-reactive ketones (excluding diaryl/α,β-unsaturated/α-hetero) is 1. The number of carbonyl (C=O) groups excluding carboxylic acids is 1. The molecule has 0 radical (unpaired) electrons. The Labute approximate surface area is 113 Å². The first kappa shape index (κ1) is 12.2. The molecule has 0 spiro atoms. The summed E-state index contributed by atoms with van der Waals surface area (Å²) in [6.45, 7) is 0. The Hall–Kier alpha value is -0.860. The van der Waals surface area contributed by atoms with Gasteiger partial charge in [0.2, 0.25) is 0 Å². The molecule has 0 aliphatic heterocycles. The Bertz CT molecular complexity index is 469. The smallest absolute Gasteiger partial charge is 0.157 e. The Balaban J connectivity index is 2.03. The molecule has 96 valence electrons. The lowest BCUT2D eigenvalue weighted by Crippen LogP contribution is -2.52. The third kappa shape index (κ3) is 2.08. The lowest BCUT2D eigenvalue weighted by molar-refractivity contribution is -0.128. The number of carbonyl (C=O) groups is 1. The minimum Gasteiger partial charge on any atom is -0.298 e. The predicted molar refractivity (Wildman–Crippen MR) is 72.8 cm³/mol. The molecule has 2 saturated carbocycles. The molecule has 2 aliphatic rings. The van der Waals surface area contributed by atoms with Gasteiger partial charge in [-0.3, -0.25) is 10.1 Å². The van der Waals surface area contributed by atoms with Gasteiger partial charge in [-0.15, -0.1) is 0 Å². The van der Waals surface area contributed by atoms with Crippen LogP contribution in [0.25, 0.3) is 0 Å². The molecule has 1 aromatic carbocycles.